The van der Waals surface area contributed by atoms with Gasteiger partial charge in [0.15, 0.2) is 5.78 Å². The van der Waals surface area contributed by atoms with Crippen LogP contribution in [-0.2, 0) is 20.2 Å². The first-order chi connectivity index (χ1) is 17.1. The van der Waals surface area contributed by atoms with Crippen molar-refractivity contribution < 1.29 is 17.6 Å². The van der Waals surface area contributed by atoms with Crippen LogP contribution in [0, 0.1) is 0 Å². The molecule has 8 nitrogen and oxygen atoms in total. The number of carbonyl (C=O) groups is 1. The van der Waals surface area contributed by atoms with Crippen molar-refractivity contribution in [3.8, 4) is 11.5 Å². The van der Waals surface area contributed by atoms with Crippen molar-refractivity contribution in [2.75, 3.05) is 30.8 Å². The van der Waals surface area contributed by atoms with Gasteiger partial charge in [-0.2, -0.15) is 4.31 Å². The monoisotopic (exact) mass is 526 g/mol. The van der Waals surface area contributed by atoms with E-state index in [9.17, 15) is 13.2 Å². The van der Waals surface area contributed by atoms with E-state index in [1.807, 2.05) is 19.2 Å². The van der Waals surface area contributed by atoms with Crippen LogP contribution in [0.5, 0.6) is 0 Å². The van der Waals surface area contributed by atoms with Crippen LogP contribution in [0.4, 0.5) is 5.69 Å². The van der Waals surface area contributed by atoms with Gasteiger partial charge in [-0.25, -0.2) is 8.42 Å². The summed E-state index contributed by atoms with van der Waals surface area (Å²) < 4.78 is 32.8. The molecule has 0 fully saturated rings. The standard InChI is InChI=1S/C26H30N4O4S2/c1-6-30(7-2)36(32,33)20-12-10-11-18(15-20)24-27-28-25(34-24)35-17-19(31)16-23-26(3,4)21-13-8-9-14-22(21)29(23)5/h8-16H,6-7,17H2,1-5H3/b23-16+. The van der Waals surface area contributed by atoms with Crippen LogP contribution in [0.1, 0.15) is 33.3 Å². The molecule has 36 heavy (non-hydrogen) atoms. The Balaban J connectivity index is 1.47. The number of para-hydroxylation sites is 1. The number of allylic oxidation sites excluding steroid dienone is 2. The van der Waals surface area contributed by atoms with Gasteiger partial charge in [-0.05, 0) is 29.8 Å². The highest BCUT2D eigenvalue weighted by Gasteiger charge is 2.38. The number of rotatable bonds is 9. The van der Waals surface area contributed by atoms with Gasteiger partial charge >= 0.3 is 0 Å². The molecule has 0 saturated heterocycles. The zero-order valence-corrected chi connectivity index (χ0v) is 22.7. The van der Waals surface area contributed by atoms with Crippen LogP contribution in [-0.4, -0.2) is 54.6 Å². The highest BCUT2D eigenvalue weighted by atomic mass is 32.2. The second kappa shape index (κ2) is 10.2. The Morgan fingerprint density at radius 2 is 1.83 bits per heavy atom. The summed E-state index contributed by atoms with van der Waals surface area (Å²) in [7, 11) is -1.64. The number of aromatic nitrogens is 2. The average Bonchev–Trinajstić information content (AvgIpc) is 3.41. The fraction of sp³-hybridized carbons (Fsp3) is 0.346. The van der Waals surface area contributed by atoms with Crippen LogP contribution in [0.2, 0.25) is 0 Å². The second-order valence-electron chi connectivity index (χ2n) is 8.98. The van der Waals surface area contributed by atoms with E-state index >= 15 is 0 Å². The molecule has 0 aliphatic carbocycles. The predicted octanol–water partition coefficient (Wildman–Crippen LogP) is 4.74. The maximum absolute atomic E-state index is 12.9. The molecule has 2 aromatic carbocycles. The number of benzene rings is 2. The molecule has 10 heteroatoms. The fourth-order valence-electron chi connectivity index (χ4n) is 4.47. The van der Waals surface area contributed by atoms with Gasteiger partial charge in [0.1, 0.15) is 0 Å². The van der Waals surface area contributed by atoms with Crippen molar-refractivity contribution in [3.63, 3.8) is 0 Å². The molecular formula is C26H30N4O4S2. The Kier molecular flexibility index (Phi) is 7.40. The van der Waals surface area contributed by atoms with Crippen LogP contribution in [0.15, 0.2) is 74.8 Å². The SMILES string of the molecule is CCN(CC)S(=O)(=O)c1cccc(-c2nnc(SCC(=O)/C=C3/N(C)c4ccccc4C3(C)C)o2)c1. The summed E-state index contributed by atoms with van der Waals surface area (Å²) >= 11 is 1.16. The van der Waals surface area contributed by atoms with Crippen molar-refractivity contribution in [2.45, 2.75) is 43.2 Å². The molecule has 1 aliphatic heterocycles. The van der Waals surface area contributed by atoms with Gasteiger partial charge < -0.3 is 9.32 Å². The lowest BCUT2D eigenvalue weighted by Gasteiger charge is -2.23. The number of nitrogens with zero attached hydrogens (tertiary/aromatic N) is 4. The van der Waals surface area contributed by atoms with Crippen LogP contribution in [0.3, 0.4) is 0 Å². The van der Waals surface area contributed by atoms with Crippen molar-refractivity contribution in [3.05, 3.63) is 65.9 Å². The number of thioether (sulfide) groups is 1. The van der Waals surface area contributed by atoms with E-state index in [0.717, 1.165) is 23.1 Å². The molecule has 0 N–H and O–H groups in total. The summed E-state index contributed by atoms with van der Waals surface area (Å²) in [6, 6.07) is 14.6. The predicted molar refractivity (Wildman–Crippen MR) is 142 cm³/mol. The van der Waals surface area contributed by atoms with Gasteiger partial charge in [0, 0.05) is 48.6 Å². The Labute approximate surface area is 216 Å². The largest absolute Gasteiger partial charge is 0.411 e. The summed E-state index contributed by atoms with van der Waals surface area (Å²) in [4.78, 5) is 15.1. The van der Waals surface area contributed by atoms with E-state index in [-0.39, 0.29) is 33.0 Å². The Morgan fingerprint density at radius 1 is 1.11 bits per heavy atom. The van der Waals surface area contributed by atoms with Crippen LogP contribution < -0.4 is 4.90 Å². The van der Waals surface area contributed by atoms with Gasteiger partial charge in [0.2, 0.25) is 15.9 Å². The van der Waals surface area contributed by atoms with E-state index in [0.29, 0.717) is 18.7 Å². The van der Waals surface area contributed by atoms with E-state index in [2.05, 4.69) is 41.1 Å². The zero-order chi connectivity index (χ0) is 26.1. The zero-order valence-electron chi connectivity index (χ0n) is 21.1. The summed E-state index contributed by atoms with van der Waals surface area (Å²) in [6.07, 6.45) is 1.69. The number of carbonyl (C=O) groups excluding carboxylic acids is 1. The molecule has 1 aliphatic rings. The molecule has 0 atom stereocenters. The maximum atomic E-state index is 12.9. The number of anilines is 1. The lowest BCUT2D eigenvalue weighted by atomic mass is 9.83. The first-order valence-electron chi connectivity index (χ1n) is 11.7. The van der Waals surface area contributed by atoms with Crippen LogP contribution in [0.25, 0.3) is 11.5 Å². The molecule has 0 amide bonds. The lowest BCUT2D eigenvalue weighted by Crippen LogP contribution is -2.30. The number of likely N-dealkylation sites (N-methyl/N-ethyl adjacent to an activating group) is 1. The Bertz CT molecular complexity index is 1410. The quantitative estimate of drug-likeness (QED) is 0.291. The maximum Gasteiger partial charge on any atom is 0.277 e. The van der Waals surface area contributed by atoms with Crippen molar-refractivity contribution in [1.82, 2.24) is 14.5 Å². The highest BCUT2D eigenvalue weighted by molar-refractivity contribution is 7.99. The molecule has 1 aromatic heterocycles. The first-order valence-corrected chi connectivity index (χ1v) is 14.2. The molecular weight excluding hydrogens is 496 g/mol. The van der Waals surface area contributed by atoms with E-state index in [1.54, 1.807) is 38.1 Å². The molecule has 2 heterocycles. The third kappa shape index (κ3) is 4.85. The van der Waals surface area contributed by atoms with Crippen LogP contribution >= 0.6 is 11.8 Å². The number of fused-ring (bicyclic) bond motifs is 1. The Morgan fingerprint density at radius 3 is 2.53 bits per heavy atom. The summed E-state index contributed by atoms with van der Waals surface area (Å²) in [6.45, 7) is 8.59. The summed E-state index contributed by atoms with van der Waals surface area (Å²) in [5.41, 5.74) is 3.45. The second-order valence-corrected chi connectivity index (χ2v) is 11.8. The van der Waals surface area contributed by atoms with Gasteiger partial charge in [-0.3, -0.25) is 4.79 Å². The van der Waals surface area contributed by atoms with Crippen molar-refractivity contribution >= 4 is 33.3 Å². The number of sulfonamides is 1. The fourth-order valence-corrected chi connectivity index (χ4v) is 6.56. The summed E-state index contributed by atoms with van der Waals surface area (Å²) in [5.74, 6) is 0.281. The third-order valence-electron chi connectivity index (χ3n) is 6.41. The minimum absolute atomic E-state index is 0.0604. The highest BCUT2D eigenvalue weighted by Crippen LogP contribution is 2.46. The summed E-state index contributed by atoms with van der Waals surface area (Å²) in [5, 5.41) is 8.34. The van der Waals surface area contributed by atoms with Crippen molar-refractivity contribution in [2.24, 2.45) is 0 Å². The minimum Gasteiger partial charge on any atom is -0.411 e. The molecule has 0 spiro atoms. The van der Waals surface area contributed by atoms with Crippen molar-refractivity contribution in [1.29, 1.82) is 0 Å². The van der Waals surface area contributed by atoms with Gasteiger partial charge in [-0.1, -0.05) is 63.7 Å². The molecule has 190 valence electrons. The number of hydrogen-bond acceptors (Lipinski definition) is 8. The number of hydrogen-bond donors (Lipinski definition) is 0. The Hall–Kier alpha value is -2.95. The lowest BCUT2D eigenvalue weighted by molar-refractivity contribution is -0.112. The normalized spacial score (nSPS) is 16.1. The molecule has 0 bridgehead atoms. The average molecular weight is 527 g/mol. The number of ketones is 1. The minimum atomic E-state index is -3.61. The van der Waals surface area contributed by atoms with E-state index < -0.39 is 10.0 Å². The topological polar surface area (TPSA) is 96.6 Å². The molecule has 0 saturated carbocycles. The molecule has 4 rings (SSSR count). The smallest absolute Gasteiger partial charge is 0.277 e. The molecule has 0 unspecified atom stereocenters. The molecule has 0 radical (unpaired) electrons. The van der Waals surface area contributed by atoms with E-state index in [1.165, 1.54) is 15.9 Å². The van der Waals surface area contributed by atoms with Gasteiger partial charge in [0.05, 0.1) is 10.6 Å². The van der Waals surface area contributed by atoms with E-state index in [4.69, 9.17) is 4.42 Å². The van der Waals surface area contributed by atoms with Gasteiger partial charge in [0.25, 0.3) is 5.22 Å². The first kappa shape index (κ1) is 26.1. The molecule has 3 aromatic rings. The van der Waals surface area contributed by atoms with Gasteiger partial charge in [-0.15, -0.1) is 10.2 Å². The third-order valence-corrected chi connectivity index (χ3v) is 9.29.